The van der Waals surface area contributed by atoms with Crippen molar-refractivity contribution in [2.45, 2.75) is 84.8 Å². The largest absolute Gasteiger partial charge is 0.311 e. The first-order valence-corrected chi connectivity index (χ1v) is 7.96. The van der Waals surface area contributed by atoms with Crippen LogP contribution in [0.5, 0.6) is 0 Å². The smallest absolute Gasteiger partial charge is 0.0306 e. The molecule has 1 saturated heterocycles. The van der Waals surface area contributed by atoms with Gasteiger partial charge < -0.3 is 5.32 Å². The van der Waals surface area contributed by atoms with Crippen molar-refractivity contribution >= 4 is 0 Å². The first kappa shape index (κ1) is 16.0. The molecule has 1 rings (SSSR count). The maximum atomic E-state index is 3.78. The summed E-state index contributed by atoms with van der Waals surface area (Å²) in [5, 5.41) is 3.78. The molecule has 1 aliphatic heterocycles. The Hall–Kier alpha value is -0.0800. The van der Waals surface area contributed by atoms with Crippen molar-refractivity contribution in [2.75, 3.05) is 13.1 Å². The summed E-state index contributed by atoms with van der Waals surface area (Å²) in [6.07, 6.45) is 5.10. The van der Waals surface area contributed by atoms with Gasteiger partial charge in [-0.25, -0.2) is 0 Å². The molecule has 1 aliphatic rings. The van der Waals surface area contributed by atoms with E-state index >= 15 is 0 Å². The van der Waals surface area contributed by atoms with E-state index < -0.39 is 0 Å². The summed E-state index contributed by atoms with van der Waals surface area (Å²) in [7, 11) is 0. The Morgan fingerprint density at radius 1 is 1.22 bits per heavy atom. The van der Waals surface area contributed by atoms with Crippen LogP contribution in [0.15, 0.2) is 0 Å². The molecule has 2 atom stereocenters. The fraction of sp³-hybridized carbons (Fsp3) is 1.00. The van der Waals surface area contributed by atoms with E-state index in [-0.39, 0.29) is 0 Å². The first-order chi connectivity index (χ1) is 8.46. The maximum absolute atomic E-state index is 3.78. The molecule has 1 N–H and O–H groups in total. The van der Waals surface area contributed by atoms with Gasteiger partial charge in [-0.15, -0.1) is 0 Å². The summed E-state index contributed by atoms with van der Waals surface area (Å²) in [5.74, 6) is 0.789. The zero-order valence-electron chi connectivity index (χ0n) is 13.4. The maximum Gasteiger partial charge on any atom is 0.0306 e. The average Bonchev–Trinajstić information content (AvgIpc) is 2.34. The molecule has 0 aliphatic carbocycles. The van der Waals surface area contributed by atoms with E-state index in [1.54, 1.807) is 0 Å². The van der Waals surface area contributed by atoms with E-state index in [0.717, 1.165) is 18.5 Å². The van der Waals surface area contributed by atoms with Crippen LogP contribution in [0.3, 0.4) is 0 Å². The summed E-state index contributed by atoms with van der Waals surface area (Å²) in [4.78, 5) is 2.80. The highest BCUT2D eigenvalue weighted by atomic mass is 15.3. The molecular formula is C16H34N2. The third-order valence-electron chi connectivity index (χ3n) is 4.78. The van der Waals surface area contributed by atoms with Gasteiger partial charge in [-0.1, -0.05) is 34.6 Å². The molecule has 0 aromatic carbocycles. The summed E-state index contributed by atoms with van der Waals surface area (Å²) in [6, 6.07) is 1.44. The van der Waals surface area contributed by atoms with Crippen LogP contribution >= 0.6 is 0 Å². The minimum absolute atomic E-state index is 0.351. The van der Waals surface area contributed by atoms with E-state index in [2.05, 4.69) is 51.8 Å². The lowest BCUT2D eigenvalue weighted by molar-refractivity contribution is 0.00378. The van der Waals surface area contributed by atoms with E-state index in [9.17, 15) is 0 Å². The topological polar surface area (TPSA) is 15.3 Å². The number of nitrogens with zero attached hydrogens (tertiary/aromatic N) is 1. The third-order valence-corrected chi connectivity index (χ3v) is 4.78. The van der Waals surface area contributed by atoms with E-state index in [4.69, 9.17) is 0 Å². The normalized spacial score (nSPS) is 30.3. The molecule has 2 unspecified atom stereocenters. The van der Waals surface area contributed by atoms with Gasteiger partial charge in [0.15, 0.2) is 0 Å². The van der Waals surface area contributed by atoms with Crippen LogP contribution in [-0.2, 0) is 0 Å². The minimum atomic E-state index is 0.351. The Morgan fingerprint density at radius 2 is 1.83 bits per heavy atom. The lowest BCUT2D eigenvalue weighted by Crippen LogP contribution is -2.65. The van der Waals surface area contributed by atoms with Crippen molar-refractivity contribution in [3.8, 4) is 0 Å². The highest BCUT2D eigenvalue weighted by molar-refractivity contribution is 4.97. The Bertz CT molecular complexity index is 235. The number of nitrogens with one attached hydrogen (secondary N) is 1. The minimum Gasteiger partial charge on any atom is -0.311 e. The fourth-order valence-corrected chi connectivity index (χ4v) is 3.36. The van der Waals surface area contributed by atoms with E-state index in [0.29, 0.717) is 11.6 Å². The van der Waals surface area contributed by atoms with Crippen LogP contribution < -0.4 is 5.32 Å². The summed E-state index contributed by atoms with van der Waals surface area (Å²) < 4.78 is 0. The van der Waals surface area contributed by atoms with Gasteiger partial charge in [-0.05, 0) is 38.5 Å². The van der Waals surface area contributed by atoms with E-state index in [1.807, 2.05) is 0 Å². The van der Waals surface area contributed by atoms with Crippen LogP contribution in [0.25, 0.3) is 0 Å². The van der Waals surface area contributed by atoms with Crippen LogP contribution in [0, 0.1) is 5.92 Å². The Balaban J connectivity index is 2.76. The Kier molecular flexibility index (Phi) is 6.13. The van der Waals surface area contributed by atoms with Crippen molar-refractivity contribution in [1.82, 2.24) is 10.2 Å². The van der Waals surface area contributed by atoms with Gasteiger partial charge in [-0.3, -0.25) is 4.90 Å². The van der Waals surface area contributed by atoms with Gasteiger partial charge in [0, 0.05) is 30.7 Å². The van der Waals surface area contributed by atoms with Gasteiger partial charge in [0.2, 0.25) is 0 Å². The van der Waals surface area contributed by atoms with Crippen molar-refractivity contribution in [3.05, 3.63) is 0 Å². The van der Waals surface area contributed by atoms with Crippen molar-refractivity contribution in [3.63, 3.8) is 0 Å². The Morgan fingerprint density at radius 3 is 2.28 bits per heavy atom. The predicted molar refractivity (Wildman–Crippen MR) is 81.0 cm³/mol. The van der Waals surface area contributed by atoms with E-state index in [1.165, 1.54) is 32.2 Å². The van der Waals surface area contributed by atoms with Gasteiger partial charge in [0.25, 0.3) is 0 Å². The molecule has 2 nitrogen and oxygen atoms in total. The van der Waals surface area contributed by atoms with Crippen molar-refractivity contribution < 1.29 is 0 Å². The zero-order chi connectivity index (χ0) is 13.8. The SMILES string of the molecule is CCC(CC)N1CC(CC(C)C)NCC1(C)CC. The highest BCUT2D eigenvalue weighted by Crippen LogP contribution is 2.29. The molecule has 2 heteroatoms. The second-order valence-corrected chi connectivity index (χ2v) is 6.68. The van der Waals surface area contributed by atoms with Crippen LogP contribution in [-0.4, -0.2) is 35.6 Å². The quantitative estimate of drug-likeness (QED) is 0.778. The molecular weight excluding hydrogens is 220 g/mol. The van der Waals surface area contributed by atoms with Crippen LogP contribution in [0.2, 0.25) is 0 Å². The molecule has 1 fully saturated rings. The standard InChI is InChI=1S/C16H34N2/c1-7-15(8-2)18-11-14(10-13(4)5)17-12-16(18,6)9-3/h13-15,17H,7-12H2,1-6H3. The van der Waals surface area contributed by atoms with Crippen molar-refractivity contribution in [1.29, 1.82) is 0 Å². The lowest BCUT2D eigenvalue weighted by atomic mass is 9.87. The predicted octanol–water partition coefficient (Wildman–Crippen LogP) is 3.66. The third kappa shape index (κ3) is 3.71. The van der Waals surface area contributed by atoms with Gasteiger partial charge >= 0.3 is 0 Å². The second-order valence-electron chi connectivity index (χ2n) is 6.68. The number of hydrogen-bond donors (Lipinski definition) is 1. The lowest BCUT2D eigenvalue weighted by Gasteiger charge is -2.51. The molecule has 0 saturated carbocycles. The van der Waals surface area contributed by atoms with Gasteiger partial charge in [-0.2, -0.15) is 0 Å². The van der Waals surface area contributed by atoms with Crippen LogP contribution in [0.4, 0.5) is 0 Å². The van der Waals surface area contributed by atoms with Gasteiger partial charge in [0.05, 0.1) is 0 Å². The molecule has 1 heterocycles. The summed E-state index contributed by atoms with van der Waals surface area (Å²) in [6.45, 7) is 16.5. The molecule has 0 radical (unpaired) electrons. The highest BCUT2D eigenvalue weighted by Gasteiger charge is 2.38. The molecule has 0 aromatic heterocycles. The average molecular weight is 254 g/mol. The monoisotopic (exact) mass is 254 g/mol. The molecule has 18 heavy (non-hydrogen) atoms. The number of piperazine rings is 1. The zero-order valence-corrected chi connectivity index (χ0v) is 13.4. The Labute approximate surface area is 115 Å². The molecule has 0 bridgehead atoms. The summed E-state index contributed by atoms with van der Waals surface area (Å²) in [5.41, 5.74) is 0.351. The number of hydrogen-bond acceptors (Lipinski definition) is 2. The molecule has 108 valence electrons. The molecule has 0 spiro atoms. The fourth-order valence-electron chi connectivity index (χ4n) is 3.36. The number of rotatable bonds is 6. The summed E-state index contributed by atoms with van der Waals surface area (Å²) >= 11 is 0. The first-order valence-electron chi connectivity index (χ1n) is 7.96. The van der Waals surface area contributed by atoms with Crippen molar-refractivity contribution in [2.24, 2.45) is 5.92 Å². The van der Waals surface area contributed by atoms with Crippen LogP contribution in [0.1, 0.15) is 67.2 Å². The molecule has 0 aromatic rings. The molecule has 0 amide bonds. The second kappa shape index (κ2) is 6.91. The van der Waals surface area contributed by atoms with Gasteiger partial charge in [0.1, 0.15) is 0 Å².